The van der Waals surface area contributed by atoms with Crippen molar-refractivity contribution in [2.45, 2.75) is 73.5 Å². The molecule has 2 aliphatic rings. The third-order valence-corrected chi connectivity index (χ3v) is 4.95. The summed E-state index contributed by atoms with van der Waals surface area (Å²) in [6, 6.07) is 0. The van der Waals surface area contributed by atoms with Gasteiger partial charge < -0.3 is 9.31 Å². The Morgan fingerprint density at radius 2 is 0.792 bits per heavy atom. The van der Waals surface area contributed by atoms with Crippen LogP contribution in [0, 0.1) is 29.6 Å². The molecule has 2 rings (SSSR count). The molecule has 24 heavy (non-hydrogen) atoms. The molecule has 0 unspecified atom stereocenters. The van der Waals surface area contributed by atoms with Crippen molar-refractivity contribution in [3.8, 4) is 0 Å². The molecule has 0 bridgehead atoms. The molecular formula is C19H36BIrO2P. The number of hydrogen-bond donors (Lipinski definition) is 0. The molecule has 141 valence electrons. The molecule has 0 aromatic carbocycles. The molecule has 2 fully saturated rings. The van der Waals surface area contributed by atoms with Gasteiger partial charge in [0, 0.05) is 20.1 Å². The van der Waals surface area contributed by atoms with Crippen molar-refractivity contribution in [3.63, 3.8) is 0 Å². The first-order chi connectivity index (χ1) is 10.2. The van der Waals surface area contributed by atoms with Gasteiger partial charge in [-0.05, 0) is 77.3 Å². The van der Waals surface area contributed by atoms with Gasteiger partial charge in [-0.1, -0.05) is 34.6 Å². The van der Waals surface area contributed by atoms with Gasteiger partial charge in [-0.25, -0.2) is 0 Å². The Morgan fingerprint density at radius 1 is 0.625 bits per heavy atom. The molecule has 7 radical (unpaired) electrons. The Balaban J connectivity index is 0. The summed E-state index contributed by atoms with van der Waals surface area (Å²) in [5.41, 5.74) is -0.375. The predicted octanol–water partition coefficient (Wildman–Crippen LogP) is 5.45. The smallest absolute Gasteiger partial charge is 0.405 e. The van der Waals surface area contributed by atoms with E-state index in [0.717, 1.165) is 0 Å². The SMILES string of the molecule is CC1(C)O[B]OC1(C)C.CP(C)C.C[C]1[C](C)[C](C)[C](C)[C]1C.[Ir]. The van der Waals surface area contributed by atoms with Crippen molar-refractivity contribution in [2.75, 3.05) is 20.0 Å². The summed E-state index contributed by atoms with van der Waals surface area (Å²) >= 11 is 0. The van der Waals surface area contributed by atoms with Crippen molar-refractivity contribution < 1.29 is 29.4 Å². The van der Waals surface area contributed by atoms with Crippen LogP contribution in [0.3, 0.4) is 0 Å². The minimum absolute atomic E-state index is 0. The first-order valence-corrected chi connectivity index (χ1v) is 10.9. The van der Waals surface area contributed by atoms with Gasteiger partial charge in [0.1, 0.15) is 0 Å². The fourth-order valence-electron chi connectivity index (χ4n) is 1.95. The van der Waals surface area contributed by atoms with E-state index in [1.165, 1.54) is 37.3 Å². The van der Waals surface area contributed by atoms with Crippen LogP contribution in [0.25, 0.3) is 0 Å². The van der Waals surface area contributed by atoms with Crippen LogP contribution < -0.4 is 0 Å². The predicted molar refractivity (Wildman–Crippen MR) is 105 cm³/mol. The minimum Gasteiger partial charge on any atom is -0.405 e. The standard InChI is InChI=1S/C10H15.C6H12BO2.C3H9P.Ir/c1-6-7(2)9(4)10(5)8(6)3;1-5(2)6(3,4)9-7-8-5;1-4(2)3;/h1-5H3;1-4H3;1-3H3;. The molecule has 1 aliphatic carbocycles. The van der Waals surface area contributed by atoms with Crippen molar-refractivity contribution in [1.82, 2.24) is 0 Å². The zero-order valence-corrected chi connectivity index (χ0v) is 21.0. The monoisotopic (exact) mass is 531 g/mol. The Kier molecular flexibility index (Phi) is 12.5. The molecule has 2 nitrogen and oxygen atoms in total. The quantitative estimate of drug-likeness (QED) is 0.306. The summed E-state index contributed by atoms with van der Waals surface area (Å²) in [5.74, 6) is 7.34. The molecule has 1 saturated heterocycles. The van der Waals surface area contributed by atoms with Gasteiger partial charge in [0.15, 0.2) is 0 Å². The maximum atomic E-state index is 5.21. The van der Waals surface area contributed by atoms with Crippen LogP contribution in [0.5, 0.6) is 0 Å². The minimum atomic E-state index is -0.188. The first kappa shape index (κ1) is 27.3. The van der Waals surface area contributed by atoms with Gasteiger partial charge in [0.05, 0.1) is 11.2 Å². The topological polar surface area (TPSA) is 18.5 Å². The molecule has 0 atom stereocenters. The first-order valence-electron chi connectivity index (χ1n) is 8.22. The van der Waals surface area contributed by atoms with E-state index in [0.29, 0.717) is 7.92 Å². The van der Waals surface area contributed by atoms with E-state index in [1.54, 1.807) is 0 Å². The summed E-state index contributed by atoms with van der Waals surface area (Å²) in [4.78, 5) is 0. The van der Waals surface area contributed by atoms with Gasteiger partial charge in [-0.2, -0.15) is 0 Å². The van der Waals surface area contributed by atoms with Crippen LogP contribution in [0.2, 0.25) is 0 Å². The van der Waals surface area contributed by atoms with Crippen LogP contribution in [0.4, 0.5) is 0 Å². The summed E-state index contributed by atoms with van der Waals surface area (Å²) in [5, 5.41) is 0. The van der Waals surface area contributed by atoms with Gasteiger partial charge in [-0.3, -0.25) is 0 Å². The molecule has 0 spiro atoms. The van der Waals surface area contributed by atoms with Crippen LogP contribution in [-0.2, 0) is 29.4 Å². The maximum Gasteiger partial charge on any atom is 0.488 e. The van der Waals surface area contributed by atoms with E-state index in [2.05, 4.69) is 54.6 Å². The van der Waals surface area contributed by atoms with Crippen LogP contribution in [0.1, 0.15) is 62.3 Å². The Bertz CT molecular complexity index is 289. The molecule has 1 aliphatic heterocycles. The Labute approximate surface area is 168 Å². The zero-order valence-electron chi connectivity index (χ0n) is 17.7. The van der Waals surface area contributed by atoms with Gasteiger partial charge >= 0.3 is 7.69 Å². The average molecular weight is 530 g/mol. The maximum absolute atomic E-state index is 5.21. The Morgan fingerprint density at radius 3 is 0.875 bits per heavy atom. The fourth-order valence-corrected chi connectivity index (χ4v) is 1.95. The molecule has 1 saturated carbocycles. The van der Waals surface area contributed by atoms with Crippen LogP contribution in [-0.4, -0.2) is 38.9 Å². The van der Waals surface area contributed by atoms with Crippen molar-refractivity contribution in [2.24, 2.45) is 0 Å². The van der Waals surface area contributed by atoms with Gasteiger partial charge in [0.2, 0.25) is 0 Å². The molecule has 5 heteroatoms. The van der Waals surface area contributed by atoms with E-state index in [9.17, 15) is 0 Å². The third kappa shape index (κ3) is 7.75. The summed E-state index contributed by atoms with van der Waals surface area (Å²) in [6.07, 6.45) is 0. The van der Waals surface area contributed by atoms with Crippen molar-refractivity contribution >= 4 is 15.6 Å². The second kappa shape index (κ2) is 11.0. The van der Waals surface area contributed by atoms with Crippen LogP contribution >= 0.6 is 7.92 Å². The number of rotatable bonds is 0. The van der Waals surface area contributed by atoms with E-state index < -0.39 is 0 Å². The fraction of sp³-hybridized carbons (Fsp3) is 0.737. The summed E-state index contributed by atoms with van der Waals surface area (Å²) in [6.45, 7) is 25.7. The average Bonchev–Trinajstić information content (AvgIpc) is 2.74. The van der Waals surface area contributed by atoms with Crippen LogP contribution in [0.15, 0.2) is 0 Å². The van der Waals surface area contributed by atoms with E-state index in [1.807, 2.05) is 27.7 Å². The van der Waals surface area contributed by atoms with Gasteiger partial charge in [-0.15, -0.1) is 7.92 Å². The molecule has 0 aromatic rings. The summed E-state index contributed by atoms with van der Waals surface area (Å²) in [7, 11) is 1.80. The largest absolute Gasteiger partial charge is 0.488 e. The van der Waals surface area contributed by atoms with Crippen molar-refractivity contribution in [1.29, 1.82) is 0 Å². The van der Waals surface area contributed by atoms with E-state index >= 15 is 0 Å². The molecular weight excluding hydrogens is 494 g/mol. The second-order valence-corrected chi connectivity index (χ2v) is 10.5. The molecule has 0 amide bonds. The summed E-state index contributed by atoms with van der Waals surface area (Å²) < 4.78 is 10.4. The van der Waals surface area contributed by atoms with Gasteiger partial charge in [0.25, 0.3) is 0 Å². The van der Waals surface area contributed by atoms with E-state index in [4.69, 9.17) is 9.31 Å². The third-order valence-electron chi connectivity index (χ3n) is 4.95. The second-order valence-electron chi connectivity index (χ2n) is 7.82. The molecule has 0 aromatic heterocycles. The molecule has 1 heterocycles. The zero-order chi connectivity index (χ0) is 18.6. The van der Waals surface area contributed by atoms with Crippen molar-refractivity contribution in [3.05, 3.63) is 29.6 Å². The Hall–Kier alpha value is 1.06. The molecule has 0 N–H and O–H groups in total. The normalized spacial score (nSPS) is 24.5. The number of hydrogen-bond acceptors (Lipinski definition) is 2. The van der Waals surface area contributed by atoms with E-state index in [-0.39, 0.29) is 31.3 Å².